The topological polar surface area (TPSA) is 114 Å². The maximum absolute atomic E-state index is 13.0. The predicted molar refractivity (Wildman–Crippen MR) is 133 cm³/mol. The first-order chi connectivity index (χ1) is 17.4. The third kappa shape index (κ3) is 5.02. The van der Waals surface area contributed by atoms with Gasteiger partial charge in [-0.1, -0.05) is 6.07 Å². The van der Waals surface area contributed by atoms with Crippen LogP contribution in [0, 0.1) is 0 Å². The van der Waals surface area contributed by atoms with E-state index in [1.165, 1.54) is 19.2 Å². The molecule has 2 aromatic carbocycles. The zero-order valence-corrected chi connectivity index (χ0v) is 21.1. The average Bonchev–Trinajstić information content (AvgIpc) is 3.26. The van der Waals surface area contributed by atoms with Crippen LogP contribution in [0.2, 0.25) is 0 Å². The summed E-state index contributed by atoms with van der Waals surface area (Å²) in [6.45, 7) is 1.34. The number of piperidine rings is 1. The lowest BCUT2D eigenvalue weighted by Gasteiger charge is -2.38. The Morgan fingerprint density at radius 3 is 2.72 bits per heavy atom. The van der Waals surface area contributed by atoms with Gasteiger partial charge in [0.2, 0.25) is 5.91 Å². The van der Waals surface area contributed by atoms with Crippen molar-refractivity contribution in [2.75, 3.05) is 31.5 Å². The largest absolute Gasteiger partial charge is 0.497 e. The van der Waals surface area contributed by atoms with Gasteiger partial charge in [0.05, 0.1) is 31.1 Å². The molecule has 0 radical (unpaired) electrons. The second kappa shape index (κ2) is 10.3. The number of likely N-dealkylation sites (tertiary alicyclic amines) is 1. The summed E-state index contributed by atoms with van der Waals surface area (Å²) in [6.07, 6.45) is 2.72. The Balaban J connectivity index is 1.34. The fourth-order valence-electron chi connectivity index (χ4n) is 5.40. The van der Waals surface area contributed by atoms with E-state index in [-0.39, 0.29) is 35.9 Å². The number of nitrogens with zero attached hydrogens (tertiary/aromatic N) is 1. The molecule has 3 aliphatic heterocycles. The van der Waals surface area contributed by atoms with Crippen LogP contribution < -0.4 is 14.2 Å². The molecular formula is C26H32N2O7S. The fourth-order valence-corrected chi connectivity index (χ4v) is 6.49. The van der Waals surface area contributed by atoms with Gasteiger partial charge in [0.1, 0.15) is 23.7 Å². The summed E-state index contributed by atoms with van der Waals surface area (Å²) in [5, 5.41) is 9.99. The quantitative estimate of drug-likeness (QED) is 0.582. The van der Waals surface area contributed by atoms with E-state index in [0.29, 0.717) is 23.6 Å². The van der Waals surface area contributed by atoms with Crippen LogP contribution in [0.4, 0.5) is 5.69 Å². The van der Waals surface area contributed by atoms with E-state index in [1.54, 1.807) is 30.3 Å². The maximum atomic E-state index is 13.0. The Hall–Kier alpha value is -2.82. The summed E-state index contributed by atoms with van der Waals surface area (Å²) in [5.41, 5.74) is 1.26. The number of amides is 1. The number of fused-ring (bicyclic) bond motifs is 3. The van der Waals surface area contributed by atoms with Crippen molar-refractivity contribution in [1.82, 2.24) is 4.90 Å². The van der Waals surface area contributed by atoms with Crippen LogP contribution in [-0.2, 0) is 19.6 Å². The molecule has 0 aromatic heterocycles. The molecule has 1 amide bonds. The molecule has 0 spiro atoms. The van der Waals surface area contributed by atoms with Gasteiger partial charge in [0, 0.05) is 36.3 Å². The molecule has 0 bridgehead atoms. The van der Waals surface area contributed by atoms with Gasteiger partial charge in [-0.2, -0.15) is 0 Å². The molecule has 9 nitrogen and oxygen atoms in total. The fraction of sp³-hybridized carbons (Fsp3) is 0.500. The molecule has 3 heterocycles. The second-order valence-electron chi connectivity index (χ2n) is 9.59. The highest BCUT2D eigenvalue weighted by molar-refractivity contribution is 7.92. The molecular weight excluding hydrogens is 484 g/mol. The number of aliphatic hydroxyl groups is 1. The van der Waals surface area contributed by atoms with E-state index in [9.17, 15) is 18.3 Å². The number of nitrogens with one attached hydrogen (secondary N) is 1. The molecule has 36 heavy (non-hydrogen) atoms. The highest BCUT2D eigenvalue weighted by Gasteiger charge is 2.46. The molecule has 0 aliphatic carbocycles. The lowest BCUT2D eigenvalue weighted by atomic mass is 9.84. The molecule has 2 saturated heterocycles. The van der Waals surface area contributed by atoms with Crippen LogP contribution >= 0.6 is 0 Å². The Labute approximate surface area is 211 Å². The van der Waals surface area contributed by atoms with E-state index in [0.717, 1.165) is 37.9 Å². The number of ether oxygens (including phenoxy) is 3. The summed E-state index contributed by atoms with van der Waals surface area (Å²) in [4.78, 5) is 14.9. The average molecular weight is 517 g/mol. The van der Waals surface area contributed by atoms with Gasteiger partial charge >= 0.3 is 0 Å². The van der Waals surface area contributed by atoms with Gasteiger partial charge in [-0.15, -0.1) is 0 Å². The van der Waals surface area contributed by atoms with Gasteiger partial charge in [-0.05, 0) is 56.0 Å². The lowest BCUT2D eigenvalue weighted by molar-refractivity contribution is -0.149. The third-order valence-corrected chi connectivity index (χ3v) is 8.59. The second-order valence-corrected chi connectivity index (χ2v) is 11.3. The van der Waals surface area contributed by atoms with Crippen molar-refractivity contribution in [3.8, 4) is 11.5 Å². The van der Waals surface area contributed by atoms with Gasteiger partial charge in [0.25, 0.3) is 10.0 Å². The standard InChI is InChI=1S/C26H32N2O7S/c1-33-18-6-5-7-20(13-18)36(31,32)27-17-8-9-23-21(12-17)22-14-19(34-24(16-29)26(22)35-23)15-25(30)28-10-3-2-4-11-28/h5-9,12-13,19,22,24,26-27,29H,2-4,10-11,14-16H2,1H3/t19-,22-,24-,26+/m0/s1. The number of rotatable bonds is 7. The normalized spacial score (nSPS) is 25.4. The SMILES string of the molecule is COc1cccc(S(=O)(=O)Nc2ccc3c(c2)[C@@H]2C[C@@H](CC(=O)N4CCCCC4)O[C@@H](CO)[C@@H]2O3)c1. The Morgan fingerprint density at radius 1 is 1.17 bits per heavy atom. The van der Waals surface area contributed by atoms with E-state index < -0.39 is 22.2 Å². The molecule has 2 aromatic rings. The number of hydrogen-bond acceptors (Lipinski definition) is 7. The minimum absolute atomic E-state index is 0.0776. The minimum Gasteiger partial charge on any atom is -0.497 e. The van der Waals surface area contributed by atoms with E-state index >= 15 is 0 Å². The summed E-state index contributed by atoms with van der Waals surface area (Å²) in [7, 11) is -2.35. The van der Waals surface area contributed by atoms with Gasteiger partial charge in [-0.3, -0.25) is 9.52 Å². The van der Waals surface area contributed by atoms with E-state index in [2.05, 4.69) is 4.72 Å². The van der Waals surface area contributed by atoms with Crippen molar-refractivity contribution < 1.29 is 32.5 Å². The van der Waals surface area contributed by atoms with Crippen molar-refractivity contribution in [3.05, 3.63) is 48.0 Å². The highest BCUT2D eigenvalue weighted by Crippen LogP contribution is 2.47. The van der Waals surface area contributed by atoms with Crippen molar-refractivity contribution in [1.29, 1.82) is 0 Å². The number of carbonyl (C=O) groups excluding carboxylic acids is 1. The first-order valence-corrected chi connectivity index (χ1v) is 13.9. The first-order valence-electron chi connectivity index (χ1n) is 12.4. The van der Waals surface area contributed by atoms with Crippen molar-refractivity contribution in [2.45, 2.75) is 61.2 Å². The molecule has 3 aliphatic rings. The Morgan fingerprint density at radius 2 is 1.97 bits per heavy atom. The summed E-state index contributed by atoms with van der Waals surface area (Å²) in [6, 6.07) is 11.4. The molecule has 5 rings (SSSR count). The molecule has 0 saturated carbocycles. The summed E-state index contributed by atoms with van der Waals surface area (Å²) < 4.78 is 46.0. The number of methoxy groups -OCH3 is 1. The van der Waals surface area contributed by atoms with Crippen molar-refractivity contribution >= 4 is 21.6 Å². The number of carbonyl (C=O) groups is 1. The molecule has 2 fully saturated rings. The number of aliphatic hydroxyl groups excluding tert-OH is 1. The first kappa shape index (κ1) is 24.9. The molecule has 10 heteroatoms. The number of benzene rings is 2. The van der Waals surface area contributed by atoms with E-state index in [4.69, 9.17) is 14.2 Å². The smallest absolute Gasteiger partial charge is 0.262 e. The van der Waals surface area contributed by atoms with E-state index in [1.807, 2.05) is 4.90 Å². The molecule has 0 unspecified atom stereocenters. The van der Waals surface area contributed by atoms with Crippen LogP contribution in [-0.4, -0.2) is 69.4 Å². The van der Waals surface area contributed by atoms with Crippen LogP contribution in [0.5, 0.6) is 11.5 Å². The number of anilines is 1. The Kier molecular flexibility index (Phi) is 7.09. The van der Waals surface area contributed by atoms with Crippen molar-refractivity contribution in [3.63, 3.8) is 0 Å². The van der Waals surface area contributed by atoms with Crippen LogP contribution in [0.15, 0.2) is 47.4 Å². The zero-order valence-electron chi connectivity index (χ0n) is 20.3. The Bertz CT molecular complexity index is 1210. The summed E-state index contributed by atoms with van der Waals surface area (Å²) in [5.74, 6) is 1.05. The van der Waals surface area contributed by atoms with Gasteiger partial charge < -0.3 is 24.2 Å². The lowest BCUT2D eigenvalue weighted by Crippen LogP contribution is -2.48. The zero-order chi connectivity index (χ0) is 25.3. The number of hydrogen-bond donors (Lipinski definition) is 2. The van der Waals surface area contributed by atoms with Gasteiger partial charge in [0.15, 0.2) is 0 Å². The third-order valence-electron chi connectivity index (χ3n) is 7.21. The predicted octanol–water partition coefficient (Wildman–Crippen LogP) is 2.89. The van der Waals surface area contributed by atoms with Crippen LogP contribution in [0.1, 0.15) is 43.6 Å². The molecule has 4 atom stereocenters. The monoisotopic (exact) mass is 516 g/mol. The van der Waals surface area contributed by atoms with Crippen LogP contribution in [0.3, 0.4) is 0 Å². The molecule has 2 N–H and O–H groups in total. The van der Waals surface area contributed by atoms with Crippen molar-refractivity contribution in [2.24, 2.45) is 0 Å². The molecule has 194 valence electrons. The maximum Gasteiger partial charge on any atom is 0.262 e. The highest BCUT2D eigenvalue weighted by atomic mass is 32.2. The number of sulfonamides is 1. The van der Waals surface area contributed by atoms with Gasteiger partial charge in [-0.25, -0.2) is 8.42 Å². The van der Waals surface area contributed by atoms with Crippen LogP contribution in [0.25, 0.3) is 0 Å². The summed E-state index contributed by atoms with van der Waals surface area (Å²) >= 11 is 0. The minimum atomic E-state index is -3.83.